The van der Waals surface area contributed by atoms with E-state index in [9.17, 15) is 13.2 Å². The topological polar surface area (TPSA) is 75.7 Å². The number of para-hydroxylation sites is 1. The number of hydrogen-bond donors (Lipinski definition) is 1. The number of benzene rings is 2. The zero-order valence-corrected chi connectivity index (χ0v) is 18.8. The lowest BCUT2D eigenvalue weighted by atomic mass is 10.1. The van der Waals surface area contributed by atoms with Crippen LogP contribution in [-0.2, 0) is 16.7 Å². The number of halogens is 2. The van der Waals surface area contributed by atoms with E-state index < -0.39 is 10.1 Å². The van der Waals surface area contributed by atoms with E-state index in [-0.39, 0.29) is 30.0 Å². The van der Waals surface area contributed by atoms with E-state index in [0.29, 0.717) is 22.3 Å². The van der Waals surface area contributed by atoms with E-state index in [4.69, 9.17) is 27.4 Å². The summed E-state index contributed by atoms with van der Waals surface area (Å²) in [5.74, 6) is 0.295. The van der Waals surface area contributed by atoms with Crippen LogP contribution in [0.25, 0.3) is 0 Å². The van der Waals surface area contributed by atoms with Gasteiger partial charge in [0.25, 0.3) is 0 Å². The summed E-state index contributed by atoms with van der Waals surface area (Å²) in [5.41, 5.74) is 1.08. The average Bonchev–Trinajstić information content (AvgIpc) is 2.64. The SMILES string of the molecule is CCS(=O)(=O)Oc1cccc(CN(CC(C)C)C(=O)Nc2c(Cl)cccc2Cl)c1. The quantitative estimate of drug-likeness (QED) is 0.536. The fraction of sp³-hybridized carbons (Fsp3) is 0.350. The summed E-state index contributed by atoms with van der Waals surface area (Å²) in [6.45, 7) is 6.24. The van der Waals surface area contributed by atoms with E-state index in [1.165, 1.54) is 6.92 Å². The zero-order valence-electron chi connectivity index (χ0n) is 16.5. The number of hydrogen-bond acceptors (Lipinski definition) is 4. The van der Waals surface area contributed by atoms with Gasteiger partial charge in [0.2, 0.25) is 0 Å². The number of rotatable bonds is 8. The van der Waals surface area contributed by atoms with Crippen molar-refractivity contribution in [3.63, 3.8) is 0 Å². The predicted octanol–water partition coefficient (Wildman–Crippen LogP) is 5.41. The highest BCUT2D eigenvalue weighted by Crippen LogP contribution is 2.30. The highest BCUT2D eigenvalue weighted by atomic mass is 35.5. The van der Waals surface area contributed by atoms with Gasteiger partial charge in [0.1, 0.15) is 5.75 Å². The van der Waals surface area contributed by atoms with Gasteiger partial charge in [-0.25, -0.2) is 4.79 Å². The van der Waals surface area contributed by atoms with Crippen LogP contribution in [0, 0.1) is 5.92 Å². The van der Waals surface area contributed by atoms with Crippen LogP contribution in [0.4, 0.5) is 10.5 Å². The molecule has 2 rings (SSSR count). The Morgan fingerprint density at radius 2 is 1.76 bits per heavy atom. The van der Waals surface area contributed by atoms with E-state index in [1.807, 2.05) is 13.8 Å². The molecule has 2 aromatic rings. The second-order valence-corrected chi connectivity index (χ2v) is 9.55. The Kier molecular flexibility index (Phi) is 8.19. The van der Waals surface area contributed by atoms with Crippen LogP contribution in [0.2, 0.25) is 10.0 Å². The van der Waals surface area contributed by atoms with Crippen LogP contribution in [0.1, 0.15) is 26.3 Å². The van der Waals surface area contributed by atoms with Crippen molar-refractivity contribution in [2.75, 3.05) is 17.6 Å². The number of anilines is 1. The minimum atomic E-state index is -3.63. The molecule has 0 unspecified atom stereocenters. The first-order chi connectivity index (χ1) is 13.6. The van der Waals surface area contributed by atoms with E-state index in [1.54, 1.807) is 47.4 Å². The molecule has 6 nitrogen and oxygen atoms in total. The molecule has 0 spiro atoms. The molecule has 0 saturated carbocycles. The monoisotopic (exact) mass is 458 g/mol. The molecule has 0 radical (unpaired) electrons. The number of amides is 2. The van der Waals surface area contributed by atoms with Crippen molar-refractivity contribution >= 4 is 45.0 Å². The van der Waals surface area contributed by atoms with Crippen molar-refractivity contribution < 1.29 is 17.4 Å². The number of carbonyl (C=O) groups is 1. The molecule has 1 N–H and O–H groups in total. The van der Waals surface area contributed by atoms with Gasteiger partial charge in [-0.3, -0.25) is 0 Å². The first-order valence-electron chi connectivity index (χ1n) is 9.12. The summed E-state index contributed by atoms with van der Waals surface area (Å²) in [5, 5.41) is 3.45. The maximum absolute atomic E-state index is 12.9. The molecule has 0 aliphatic rings. The van der Waals surface area contributed by atoms with Gasteiger partial charge in [-0.2, -0.15) is 8.42 Å². The van der Waals surface area contributed by atoms with Crippen LogP contribution in [0.15, 0.2) is 42.5 Å². The molecular formula is C20H24Cl2N2O4S. The normalized spacial score (nSPS) is 11.4. The lowest BCUT2D eigenvalue weighted by molar-refractivity contribution is 0.201. The number of carbonyl (C=O) groups excluding carboxylic acids is 1. The third kappa shape index (κ3) is 7.10. The second-order valence-electron chi connectivity index (χ2n) is 6.88. The Labute approximate surface area is 181 Å². The van der Waals surface area contributed by atoms with Gasteiger partial charge in [-0.05, 0) is 42.7 Å². The Morgan fingerprint density at radius 1 is 1.14 bits per heavy atom. The molecule has 2 amide bonds. The zero-order chi connectivity index (χ0) is 21.6. The summed E-state index contributed by atoms with van der Waals surface area (Å²) in [7, 11) is -3.63. The van der Waals surface area contributed by atoms with Crippen LogP contribution >= 0.6 is 23.2 Å². The molecule has 29 heavy (non-hydrogen) atoms. The summed E-state index contributed by atoms with van der Waals surface area (Å²) in [6, 6.07) is 11.3. The Bertz CT molecular complexity index is 944. The Balaban J connectivity index is 2.21. The minimum absolute atomic E-state index is 0.127. The number of urea groups is 1. The fourth-order valence-electron chi connectivity index (χ4n) is 2.58. The molecule has 0 fully saturated rings. The second kappa shape index (κ2) is 10.2. The van der Waals surface area contributed by atoms with Gasteiger partial charge < -0.3 is 14.4 Å². The highest BCUT2D eigenvalue weighted by molar-refractivity contribution is 7.87. The van der Waals surface area contributed by atoms with Gasteiger partial charge in [-0.15, -0.1) is 0 Å². The Hall–Kier alpha value is -1.96. The molecule has 0 atom stereocenters. The molecule has 158 valence electrons. The first-order valence-corrected chi connectivity index (χ1v) is 11.5. The molecule has 0 aliphatic carbocycles. The van der Waals surface area contributed by atoms with Gasteiger partial charge >= 0.3 is 16.1 Å². The van der Waals surface area contributed by atoms with Crippen molar-refractivity contribution in [1.29, 1.82) is 0 Å². The summed E-state index contributed by atoms with van der Waals surface area (Å²) in [4.78, 5) is 14.5. The number of nitrogens with zero attached hydrogens (tertiary/aromatic N) is 1. The molecule has 9 heteroatoms. The van der Waals surface area contributed by atoms with Gasteiger partial charge in [0.15, 0.2) is 0 Å². The molecule has 0 heterocycles. The highest BCUT2D eigenvalue weighted by Gasteiger charge is 2.19. The molecule has 0 aromatic heterocycles. The van der Waals surface area contributed by atoms with Crippen LogP contribution < -0.4 is 9.50 Å². The van der Waals surface area contributed by atoms with Crippen LogP contribution in [0.5, 0.6) is 5.75 Å². The standard InChI is InChI=1S/C20H24Cl2N2O4S/c1-4-29(26,27)28-16-8-5-7-15(11-16)13-24(12-14(2)3)20(25)23-19-17(21)9-6-10-18(19)22/h5-11,14H,4,12-13H2,1-3H3,(H,23,25). The fourth-order valence-corrected chi connectivity index (χ4v) is 3.59. The Morgan fingerprint density at radius 3 is 2.34 bits per heavy atom. The lowest BCUT2D eigenvalue weighted by Crippen LogP contribution is -2.37. The van der Waals surface area contributed by atoms with Gasteiger partial charge in [0.05, 0.1) is 21.5 Å². The largest absolute Gasteiger partial charge is 0.382 e. The van der Waals surface area contributed by atoms with Crippen LogP contribution in [0.3, 0.4) is 0 Å². The summed E-state index contributed by atoms with van der Waals surface area (Å²) >= 11 is 12.3. The summed E-state index contributed by atoms with van der Waals surface area (Å²) < 4.78 is 28.5. The molecule has 2 aromatic carbocycles. The molecule has 0 saturated heterocycles. The van der Waals surface area contributed by atoms with Gasteiger partial charge in [-0.1, -0.05) is 55.2 Å². The van der Waals surface area contributed by atoms with Crippen LogP contribution in [-0.4, -0.2) is 31.6 Å². The number of nitrogens with one attached hydrogen (secondary N) is 1. The molecular weight excluding hydrogens is 435 g/mol. The van der Waals surface area contributed by atoms with E-state index >= 15 is 0 Å². The predicted molar refractivity (Wildman–Crippen MR) is 117 cm³/mol. The average molecular weight is 459 g/mol. The van der Waals surface area contributed by atoms with Gasteiger partial charge in [0, 0.05) is 13.1 Å². The summed E-state index contributed by atoms with van der Waals surface area (Å²) in [6.07, 6.45) is 0. The van der Waals surface area contributed by atoms with Crippen molar-refractivity contribution in [1.82, 2.24) is 4.90 Å². The van der Waals surface area contributed by atoms with E-state index in [2.05, 4.69) is 5.32 Å². The first kappa shape index (κ1) is 23.3. The smallest absolute Gasteiger partial charge is 0.322 e. The third-order valence-electron chi connectivity index (χ3n) is 3.92. The van der Waals surface area contributed by atoms with Crippen molar-refractivity contribution in [3.05, 3.63) is 58.1 Å². The molecule has 0 aliphatic heterocycles. The maximum Gasteiger partial charge on any atom is 0.322 e. The minimum Gasteiger partial charge on any atom is -0.382 e. The maximum atomic E-state index is 12.9. The third-order valence-corrected chi connectivity index (χ3v) is 5.70. The van der Waals surface area contributed by atoms with Crippen molar-refractivity contribution in [3.8, 4) is 5.75 Å². The molecule has 0 bridgehead atoms. The van der Waals surface area contributed by atoms with Crippen molar-refractivity contribution in [2.45, 2.75) is 27.3 Å². The lowest BCUT2D eigenvalue weighted by Gasteiger charge is -2.25. The van der Waals surface area contributed by atoms with E-state index in [0.717, 1.165) is 5.56 Å². The van der Waals surface area contributed by atoms with Crippen molar-refractivity contribution in [2.24, 2.45) is 5.92 Å².